The Labute approximate surface area is 267 Å². The highest BCUT2D eigenvalue weighted by Crippen LogP contribution is 2.46. The van der Waals surface area contributed by atoms with E-state index in [1.54, 1.807) is 78.9 Å². The predicted molar refractivity (Wildman–Crippen MR) is 183 cm³/mol. The second-order valence-electron chi connectivity index (χ2n) is 10.2. The van der Waals surface area contributed by atoms with Gasteiger partial charge in [0.2, 0.25) is 0 Å². The van der Waals surface area contributed by atoms with Gasteiger partial charge in [-0.15, -0.1) is 0 Å². The van der Waals surface area contributed by atoms with Crippen LogP contribution in [0.2, 0.25) is 0 Å². The van der Waals surface area contributed by atoms with E-state index in [1.165, 1.54) is 0 Å². The molecule has 0 N–H and O–H groups in total. The third kappa shape index (κ3) is 3.72. The van der Waals surface area contributed by atoms with Crippen molar-refractivity contribution in [3.05, 3.63) is 157 Å². The van der Waals surface area contributed by atoms with Crippen LogP contribution < -0.4 is 0 Å². The van der Waals surface area contributed by atoms with Gasteiger partial charge in [0.05, 0.1) is 17.8 Å². The Morgan fingerprint density at radius 2 is 0.977 bits per heavy atom. The maximum atomic E-state index is 9.93. The molecule has 200 valence electrons. The fraction of sp³-hybridized carbons (Fsp3) is 0. The molecular weight excluding hydrogens is 520 g/mol. The Bertz CT molecular complexity index is 3140. The third-order valence-corrected chi connectivity index (χ3v) is 7.81. The highest BCUT2D eigenvalue weighted by atomic mass is 16.3. The first-order valence-electron chi connectivity index (χ1n) is 20.2. The largest absolute Gasteiger partial charge is 0.455 e. The molecule has 0 radical (unpaired) electrons. The molecule has 0 spiro atoms. The van der Waals surface area contributed by atoms with Crippen LogP contribution in [0.1, 0.15) is 17.8 Å². The van der Waals surface area contributed by atoms with E-state index in [2.05, 4.69) is 0 Å². The monoisotopic (exact) mass is 559 g/mol. The molecule has 43 heavy (non-hydrogen) atoms. The van der Waals surface area contributed by atoms with Crippen molar-refractivity contribution in [2.75, 3.05) is 0 Å². The van der Waals surface area contributed by atoms with Crippen LogP contribution in [-0.4, -0.2) is 0 Å². The molecule has 1 heterocycles. The minimum atomic E-state index is -0.565. The molecule has 0 amide bonds. The normalized spacial score (nSPS) is 16.0. The van der Waals surface area contributed by atoms with E-state index < -0.39 is 42.3 Å². The molecule has 0 aliphatic carbocycles. The topological polar surface area (TPSA) is 13.1 Å². The van der Waals surface area contributed by atoms with Crippen LogP contribution in [0.4, 0.5) is 0 Å². The minimum Gasteiger partial charge on any atom is -0.455 e. The molecule has 0 aliphatic heterocycles. The lowest BCUT2D eigenvalue weighted by Gasteiger charge is -2.18. The van der Waals surface area contributed by atoms with E-state index in [0.29, 0.717) is 38.2 Å². The lowest BCUT2D eigenvalue weighted by atomic mass is 9.85. The average molecular weight is 560 g/mol. The van der Waals surface area contributed by atoms with Crippen molar-refractivity contribution in [2.24, 2.45) is 0 Å². The fourth-order valence-electron chi connectivity index (χ4n) is 5.99. The number of benzene rings is 8. The lowest BCUT2D eigenvalue weighted by Crippen LogP contribution is -1.91. The summed E-state index contributed by atoms with van der Waals surface area (Å²) in [4.78, 5) is 0. The highest BCUT2D eigenvalue weighted by molar-refractivity contribution is 6.23. The predicted octanol–water partition coefficient (Wildman–Crippen LogP) is 12.0. The van der Waals surface area contributed by atoms with Crippen molar-refractivity contribution in [2.45, 2.75) is 0 Å². The molecule has 1 heteroatoms. The Balaban J connectivity index is 1.53. The molecule has 0 saturated heterocycles. The Morgan fingerprint density at radius 1 is 0.419 bits per heavy atom. The van der Waals surface area contributed by atoms with Crippen LogP contribution >= 0.6 is 0 Å². The van der Waals surface area contributed by atoms with E-state index in [0.717, 1.165) is 0 Å². The van der Waals surface area contributed by atoms with Crippen LogP contribution in [0.5, 0.6) is 0 Å². The van der Waals surface area contributed by atoms with Gasteiger partial charge in [-0.05, 0) is 84.3 Å². The molecule has 1 nitrogen and oxygen atoms in total. The summed E-state index contributed by atoms with van der Waals surface area (Å²) in [6, 6.07) is 17.7. The number of hydrogen-bond acceptors (Lipinski definition) is 1. The quantitative estimate of drug-likeness (QED) is 0.196. The molecule has 9 rings (SSSR count). The van der Waals surface area contributed by atoms with Crippen molar-refractivity contribution in [1.29, 1.82) is 0 Å². The van der Waals surface area contributed by atoms with Crippen molar-refractivity contribution in [3.63, 3.8) is 0 Å². The van der Waals surface area contributed by atoms with Crippen LogP contribution in [0.15, 0.2) is 162 Å². The van der Waals surface area contributed by atoms with Gasteiger partial charge >= 0.3 is 0 Å². The number of fused-ring (bicyclic) bond motifs is 6. The second kappa shape index (κ2) is 9.44. The average Bonchev–Trinajstić information content (AvgIpc) is 3.61. The van der Waals surface area contributed by atoms with Gasteiger partial charge in [0, 0.05) is 16.3 Å². The minimum absolute atomic E-state index is 0.00433. The molecule has 8 aromatic carbocycles. The van der Waals surface area contributed by atoms with E-state index in [-0.39, 0.29) is 85.7 Å². The van der Waals surface area contributed by atoms with E-state index in [9.17, 15) is 5.48 Å². The number of furan rings is 1. The summed E-state index contributed by atoms with van der Waals surface area (Å²) in [5.74, 6) is 0. The first kappa shape index (κ1) is 14.5. The van der Waals surface area contributed by atoms with Crippen LogP contribution in [-0.2, 0) is 0 Å². The first-order valence-corrected chi connectivity index (χ1v) is 13.7. The van der Waals surface area contributed by atoms with Crippen molar-refractivity contribution in [3.8, 4) is 33.4 Å². The summed E-state index contributed by atoms with van der Waals surface area (Å²) in [5, 5.41) is 1.76. The smallest absolute Gasteiger partial charge is 0.143 e. The second-order valence-corrected chi connectivity index (χ2v) is 10.2. The van der Waals surface area contributed by atoms with Gasteiger partial charge in [0.25, 0.3) is 0 Å². The summed E-state index contributed by atoms with van der Waals surface area (Å²) in [7, 11) is 0. The first-order chi connectivity index (χ1) is 26.8. The Morgan fingerprint density at radius 3 is 1.63 bits per heavy atom. The summed E-state index contributed by atoms with van der Waals surface area (Å²) in [6.07, 6.45) is 0. The van der Waals surface area contributed by atoms with Crippen molar-refractivity contribution in [1.82, 2.24) is 0 Å². The fourth-order valence-corrected chi connectivity index (χ4v) is 5.99. The van der Waals surface area contributed by atoms with Gasteiger partial charge < -0.3 is 4.42 Å². The summed E-state index contributed by atoms with van der Waals surface area (Å²) in [5.41, 5.74) is 1.66. The van der Waals surface area contributed by atoms with Crippen LogP contribution in [0, 0.1) is 0 Å². The molecule has 0 aliphatic rings. The molecular formula is C42H26O. The standard InChI is InChI=1S/C42H26O/c1-3-13-27(14-4-1)36-24-31(25-38-37-23-29-17-7-8-18-30(29)26-39(37)43-42(36)38)41-34-21-11-9-19-32(34)40(28-15-5-2-6-16-28)33-20-10-12-22-35(33)41/h1-26H/i2D,5D,6D,7D,8D,15D,16D,17D,18D,23D,24D,25D,26D. The van der Waals surface area contributed by atoms with Crippen molar-refractivity contribution >= 4 is 54.3 Å². The summed E-state index contributed by atoms with van der Waals surface area (Å²) >= 11 is 0. The number of hydrogen-bond donors (Lipinski definition) is 0. The van der Waals surface area contributed by atoms with E-state index in [4.69, 9.17) is 16.8 Å². The zero-order chi connectivity index (χ0) is 39.6. The third-order valence-electron chi connectivity index (χ3n) is 7.81. The van der Waals surface area contributed by atoms with Crippen molar-refractivity contribution < 1.29 is 22.2 Å². The molecule has 0 atom stereocenters. The maximum Gasteiger partial charge on any atom is 0.143 e. The summed E-state index contributed by atoms with van der Waals surface area (Å²) < 4.78 is 122. The van der Waals surface area contributed by atoms with Gasteiger partial charge in [-0.2, -0.15) is 0 Å². The molecule has 9 aromatic rings. The molecule has 0 bridgehead atoms. The van der Waals surface area contributed by atoms with E-state index >= 15 is 0 Å². The van der Waals surface area contributed by atoms with Crippen LogP contribution in [0.3, 0.4) is 0 Å². The molecule has 0 unspecified atom stereocenters. The van der Waals surface area contributed by atoms with E-state index in [1.807, 2.05) is 0 Å². The molecule has 1 aromatic heterocycles. The van der Waals surface area contributed by atoms with Gasteiger partial charge in [-0.1, -0.05) is 133 Å². The zero-order valence-corrected chi connectivity index (χ0v) is 22.4. The van der Waals surface area contributed by atoms with Crippen LogP contribution in [0.25, 0.3) is 87.6 Å². The van der Waals surface area contributed by atoms with Gasteiger partial charge in [-0.25, -0.2) is 0 Å². The van der Waals surface area contributed by atoms with Gasteiger partial charge in [-0.3, -0.25) is 0 Å². The zero-order valence-electron chi connectivity index (χ0n) is 35.4. The lowest BCUT2D eigenvalue weighted by molar-refractivity contribution is 0.670. The van der Waals surface area contributed by atoms with Gasteiger partial charge in [0.15, 0.2) is 0 Å². The Hall–Kier alpha value is -5.66. The molecule has 0 fully saturated rings. The SMILES string of the molecule is [2H]c1c([2H])c([2H])c(-c2c3ccccc3c(-c3c([2H])c(-c4ccccc4)c4oc5c([2H])c6c([2H])c([2H])c([2H])c([2H])c6c([2H])c5c4c3[2H])c3ccccc23)c([2H])c1[2H]. The molecule has 0 saturated carbocycles. The maximum absolute atomic E-state index is 9.93. The summed E-state index contributed by atoms with van der Waals surface area (Å²) in [6.45, 7) is 0. The van der Waals surface area contributed by atoms with Gasteiger partial charge in [0.1, 0.15) is 11.2 Å². The highest BCUT2D eigenvalue weighted by Gasteiger charge is 2.20. The number of rotatable bonds is 3. The Kier molecular flexibility index (Phi) is 3.18.